The summed E-state index contributed by atoms with van der Waals surface area (Å²) >= 11 is 12.1. The Bertz CT molecular complexity index is 433. The van der Waals surface area contributed by atoms with Crippen molar-refractivity contribution < 1.29 is 4.79 Å². The first-order valence-electron chi connectivity index (χ1n) is 6.46. The topological polar surface area (TPSA) is 32.3 Å². The van der Waals surface area contributed by atoms with Gasteiger partial charge >= 0.3 is 0 Å². The molecule has 1 aromatic rings. The van der Waals surface area contributed by atoms with E-state index in [9.17, 15) is 4.79 Å². The Morgan fingerprint density at radius 1 is 1.32 bits per heavy atom. The number of likely N-dealkylation sites (N-methyl/N-ethyl adjacent to an activating group) is 1. The zero-order valence-corrected chi connectivity index (χ0v) is 13.1. The van der Waals surface area contributed by atoms with Crippen molar-refractivity contribution in [1.29, 1.82) is 0 Å². The molecular weight excluding hydrogens is 283 g/mol. The average molecular weight is 303 g/mol. The van der Waals surface area contributed by atoms with Gasteiger partial charge in [-0.2, -0.15) is 0 Å². The Morgan fingerprint density at radius 3 is 2.53 bits per heavy atom. The average Bonchev–Trinajstić information content (AvgIpc) is 2.41. The van der Waals surface area contributed by atoms with Crippen LogP contribution in [-0.4, -0.2) is 29.9 Å². The Labute approximate surface area is 124 Å². The van der Waals surface area contributed by atoms with Crippen molar-refractivity contribution in [2.45, 2.75) is 33.4 Å². The summed E-state index contributed by atoms with van der Waals surface area (Å²) in [5, 5.41) is 4.25. The van der Waals surface area contributed by atoms with Crippen LogP contribution in [-0.2, 0) is 11.3 Å². The zero-order valence-electron chi connectivity index (χ0n) is 11.5. The van der Waals surface area contributed by atoms with Gasteiger partial charge in [-0.3, -0.25) is 4.79 Å². The SMILES string of the molecule is CCN(CC)C(=O)C(C)NCc1cccc(Cl)c1Cl. The number of halogens is 2. The number of benzene rings is 1. The highest BCUT2D eigenvalue weighted by molar-refractivity contribution is 6.42. The number of hydrogen-bond acceptors (Lipinski definition) is 2. The molecule has 0 bridgehead atoms. The lowest BCUT2D eigenvalue weighted by Crippen LogP contribution is -2.44. The highest BCUT2D eigenvalue weighted by Crippen LogP contribution is 2.25. The molecule has 1 rings (SSSR count). The normalized spacial score (nSPS) is 12.3. The largest absolute Gasteiger partial charge is 0.342 e. The molecule has 0 aliphatic rings. The Kier molecular flexibility index (Phi) is 6.63. The number of nitrogens with zero attached hydrogens (tertiary/aromatic N) is 1. The van der Waals surface area contributed by atoms with E-state index in [1.807, 2.05) is 32.9 Å². The number of rotatable bonds is 6. The molecule has 1 amide bonds. The smallest absolute Gasteiger partial charge is 0.239 e. The molecule has 1 N–H and O–H groups in total. The lowest BCUT2D eigenvalue weighted by molar-refractivity contribution is -0.132. The van der Waals surface area contributed by atoms with Crippen LogP contribution in [0.4, 0.5) is 0 Å². The predicted octanol–water partition coefficient (Wildman–Crippen LogP) is 3.34. The number of nitrogens with one attached hydrogen (secondary N) is 1. The quantitative estimate of drug-likeness (QED) is 0.874. The van der Waals surface area contributed by atoms with Gasteiger partial charge in [-0.25, -0.2) is 0 Å². The molecule has 0 aromatic heterocycles. The summed E-state index contributed by atoms with van der Waals surface area (Å²) in [5.74, 6) is 0.100. The highest BCUT2D eigenvalue weighted by Gasteiger charge is 2.17. The first-order valence-corrected chi connectivity index (χ1v) is 7.21. The maximum atomic E-state index is 12.1. The van der Waals surface area contributed by atoms with E-state index in [4.69, 9.17) is 23.2 Å². The molecule has 0 saturated carbocycles. The van der Waals surface area contributed by atoms with Crippen LogP contribution in [0.3, 0.4) is 0 Å². The van der Waals surface area contributed by atoms with Crippen LogP contribution in [0.15, 0.2) is 18.2 Å². The molecule has 106 valence electrons. The molecule has 1 atom stereocenters. The third-order valence-electron chi connectivity index (χ3n) is 3.08. The van der Waals surface area contributed by atoms with Crippen LogP contribution in [0.25, 0.3) is 0 Å². The minimum atomic E-state index is -0.241. The maximum Gasteiger partial charge on any atom is 0.239 e. The van der Waals surface area contributed by atoms with Crippen molar-refractivity contribution >= 4 is 29.1 Å². The van der Waals surface area contributed by atoms with Gasteiger partial charge in [0.25, 0.3) is 0 Å². The van der Waals surface area contributed by atoms with E-state index in [-0.39, 0.29) is 11.9 Å². The van der Waals surface area contributed by atoms with Crippen LogP contribution in [0.5, 0.6) is 0 Å². The van der Waals surface area contributed by atoms with Crippen molar-refractivity contribution in [3.8, 4) is 0 Å². The van der Waals surface area contributed by atoms with E-state index in [0.717, 1.165) is 18.7 Å². The zero-order chi connectivity index (χ0) is 14.4. The van der Waals surface area contributed by atoms with Crippen LogP contribution >= 0.6 is 23.2 Å². The summed E-state index contributed by atoms with van der Waals surface area (Å²) in [6.07, 6.45) is 0. The standard InChI is InChI=1S/C14H20Cl2N2O/c1-4-18(5-2)14(19)10(3)17-9-11-7-6-8-12(15)13(11)16/h6-8,10,17H,4-5,9H2,1-3H3. The molecule has 0 saturated heterocycles. The molecule has 0 spiro atoms. The second kappa shape index (κ2) is 7.73. The van der Waals surface area contributed by atoms with Crippen LogP contribution in [0.2, 0.25) is 10.0 Å². The Balaban J connectivity index is 2.61. The van der Waals surface area contributed by atoms with Gasteiger partial charge in [0.2, 0.25) is 5.91 Å². The second-order valence-electron chi connectivity index (χ2n) is 4.33. The number of carbonyl (C=O) groups excluding carboxylic acids is 1. The van der Waals surface area contributed by atoms with E-state index >= 15 is 0 Å². The van der Waals surface area contributed by atoms with Crippen LogP contribution in [0.1, 0.15) is 26.3 Å². The molecule has 5 heteroatoms. The van der Waals surface area contributed by atoms with Gasteiger partial charge < -0.3 is 10.2 Å². The maximum absolute atomic E-state index is 12.1. The third kappa shape index (κ3) is 4.37. The molecule has 19 heavy (non-hydrogen) atoms. The monoisotopic (exact) mass is 302 g/mol. The number of carbonyl (C=O) groups is 1. The molecule has 0 heterocycles. The molecular formula is C14H20Cl2N2O. The van der Waals surface area contributed by atoms with Crippen molar-refractivity contribution in [1.82, 2.24) is 10.2 Å². The molecule has 3 nitrogen and oxygen atoms in total. The molecule has 1 unspecified atom stereocenters. The van der Waals surface area contributed by atoms with E-state index in [1.54, 1.807) is 11.0 Å². The van der Waals surface area contributed by atoms with Crippen LogP contribution in [0, 0.1) is 0 Å². The van der Waals surface area contributed by atoms with E-state index < -0.39 is 0 Å². The van der Waals surface area contributed by atoms with Crippen molar-refractivity contribution in [2.24, 2.45) is 0 Å². The van der Waals surface area contributed by atoms with E-state index in [0.29, 0.717) is 16.6 Å². The number of hydrogen-bond donors (Lipinski definition) is 1. The molecule has 0 fully saturated rings. The van der Waals surface area contributed by atoms with Crippen molar-refractivity contribution in [3.63, 3.8) is 0 Å². The first-order chi connectivity index (χ1) is 9.01. The first kappa shape index (κ1) is 16.3. The fraction of sp³-hybridized carbons (Fsp3) is 0.500. The molecule has 0 radical (unpaired) electrons. The Morgan fingerprint density at radius 2 is 1.95 bits per heavy atom. The van der Waals surface area contributed by atoms with Crippen molar-refractivity contribution in [2.75, 3.05) is 13.1 Å². The minimum Gasteiger partial charge on any atom is -0.342 e. The van der Waals surface area contributed by atoms with Gasteiger partial charge in [0.1, 0.15) is 0 Å². The van der Waals surface area contributed by atoms with E-state index in [2.05, 4.69) is 5.32 Å². The van der Waals surface area contributed by atoms with E-state index in [1.165, 1.54) is 0 Å². The molecule has 0 aliphatic heterocycles. The summed E-state index contributed by atoms with van der Waals surface area (Å²) in [6.45, 7) is 7.77. The summed E-state index contributed by atoms with van der Waals surface area (Å²) in [6, 6.07) is 5.26. The summed E-state index contributed by atoms with van der Waals surface area (Å²) in [4.78, 5) is 13.9. The lowest BCUT2D eigenvalue weighted by Gasteiger charge is -2.23. The van der Waals surface area contributed by atoms with Crippen LogP contribution < -0.4 is 5.32 Å². The summed E-state index contributed by atoms with van der Waals surface area (Å²) in [5.41, 5.74) is 0.897. The Hall–Kier alpha value is -0.770. The van der Waals surface area contributed by atoms with Gasteiger partial charge in [0.05, 0.1) is 16.1 Å². The summed E-state index contributed by atoms with van der Waals surface area (Å²) in [7, 11) is 0. The fourth-order valence-corrected chi connectivity index (χ4v) is 2.23. The minimum absolute atomic E-state index is 0.100. The highest BCUT2D eigenvalue weighted by atomic mass is 35.5. The van der Waals surface area contributed by atoms with Gasteiger partial charge in [0, 0.05) is 19.6 Å². The van der Waals surface area contributed by atoms with Crippen molar-refractivity contribution in [3.05, 3.63) is 33.8 Å². The predicted molar refractivity (Wildman–Crippen MR) is 80.7 cm³/mol. The molecule has 1 aromatic carbocycles. The van der Waals surface area contributed by atoms with Gasteiger partial charge in [-0.1, -0.05) is 35.3 Å². The lowest BCUT2D eigenvalue weighted by atomic mass is 10.2. The van der Waals surface area contributed by atoms with Gasteiger partial charge in [-0.15, -0.1) is 0 Å². The van der Waals surface area contributed by atoms with Gasteiger partial charge in [-0.05, 0) is 32.4 Å². The van der Waals surface area contributed by atoms with Gasteiger partial charge in [0.15, 0.2) is 0 Å². The fourth-order valence-electron chi connectivity index (χ4n) is 1.84. The number of amides is 1. The third-order valence-corrected chi connectivity index (χ3v) is 3.93. The summed E-state index contributed by atoms with van der Waals surface area (Å²) < 4.78 is 0. The second-order valence-corrected chi connectivity index (χ2v) is 5.11. The molecule has 0 aliphatic carbocycles.